The molecule has 5 heteroatoms. The molecule has 26 heavy (non-hydrogen) atoms. The lowest BCUT2D eigenvalue weighted by Crippen LogP contribution is -2.17. The van der Waals surface area contributed by atoms with Crippen molar-refractivity contribution in [3.05, 3.63) is 70.3 Å². The number of fused-ring (bicyclic) bond motifs is 1. The van der Waals surface area contributed by atoms with Gasteiger partial charge in [0.05, 0.1) is 18.3 Å². The second-order valence-electron chi connectivity index (χ2n) is 6.93. The van der Waals surface area contributed by atoms with E-state index in [1.54, 1.807) is 10.5 Å². The molecule has 134 valence electrons. The van der Waals surface area contributed by atoms with Crippen molar-refractivity contribution >= 4 is 11.3 Å². The van der Waals surface area contributed by atoms with E-state index in [4.69, 9.17) is 4.74 Å². The number of ether oxygens (including phenoxy) is 1. The summed E-state index contributed by atoms with van der Waals surface area (Å²) in [4.78, 5) is 16.9. The van der Waals surface area contributed by atoms with Crippen molar-refractivity contribution in [2.24, 2.45) is 0 Å². The fourth-order valence-electron chi connectivity index (χ4n) is 3.42. The van der Waals surface area contributed by atoms with E-state index in [2.05, 4.69) is 10.3 Å². The molecule has 0 bridgehead atoms. The van der Waals surface area contributed by atoms with E-state index in [0.717, 1.165) is 35.5 Å². The lowest BCUT2D eigenvalue weighted by Gasteiger charge is -2.14. The largest absolute Gasteiger partial charge is 0.490 e. The lowest BCUT2D eigenvalue weighted by molar-refractivity contribution is 0.210. The van der Waals surface area contributed by atoms with Crippen LogP contribution in [-0.4, -0.2) is 15.5 Å². The van der Waals surface area contributed by atoms with Crippen molar-refractivity contribution in [3.63, 3.8) is 0 Å². The zero-order chi connectivity index (χ0) is 17.9. The van der Waals surface area contributed by atoms with Crippen molar-refractivity contribution in [2.75, 3.05) is 5.32 Å². The van der Waals surface area contributed by atoms with Crippen molar-refractivity contribution in [1.29, 1.82) is 0 Å². The van der Waals surface area contributed by atoms with Crippen LogP contribution in [0.5, 0.6) is 5.75 Å². The first-order valence-corrected chi connectivity index (χ1v) is 9.17. The maximum Gasteiger partial charge on any atom is 0.258 e. The van der Waals surface area contributed by atoms with Gasteiger partial charge in [0.15, 0.2) is 0 Å². The van der Waals surface area contributed by atoms with E-state index in [1.165, 1.54) is 12.8 Å². The van der Waals surface area contributed by atoms with Gasteiger partial charge < -0.3 is 10.1 Å². The first-order chi connectivity index (χ1) is 12.7. The van der Waals surface area contributed by atoms with Crippen LogP contribution in [0.2, 0.25) is 0 Å². The van der Waals surface area contributed by atoms with E-state index >= 15 is 0 Å². The Balaban J connectivity index is 1.47. The van der Waals surface area contributed by atoms with Gasteiger partial charge in [-0.3, -0.25) is 9.20 Å². The van der Waals surface area contributed by atoms with Gasteiger partial charge >= 0.3 is 0 Å². The van der Waals surface area contributed by atoms with Gasteiger partial charge in [0.25, 0.3) is 5.56 Å². The Hall–Kier alpha value is -2.82. The fraction of sp³-hybridized carbons (Fsp3) is 0.333. The second kappa shape index (κ2) is 7.20. The molecule has 3 aromatic rings. The topological polar surface area (TPSA) is 55.6 Å². The molecular weight excluding hydrogens is 326 g/mol. The zero-order valence-corrected chi connectivity index (χ0v) is 14.9. The molecule has 2 heterocycles. The number of nitrogens with one attached hydrogen (secondary N) is 1. The zero-order valence-electron chi connectivity index (χ0n) is 14.9. The molecule has 0 spiro atoms. The van der Waals surface area contributed by atoms with Crippen LogP contribution in [0.4, 0.5) is 5.69 Å². The molecule has 2 aromatic heterocycles. The molecule has 5 nitrogen and oxygen atoms in total. The average Bonchev–Trinajstić information content (AvgIpc) is 3.14. The summed E-state index contributed by atoms with van der Waals surface area (Å²) in [6.07, 6.45) is 6.95. The van der Waals surface area contributed by atoms with E-state index < -0.39 is 0 Å². The fourth-order valence-corrected chi connectivity index (χ4v) is 3.42. The van der Waals surface area contributed by atoms with Crippen LogP contribution in [0.25, 0.3) is 5.65 Å². The van der Waals surface area contributed by atoms with Crippen molar-refractivity contribution in [2.45, 2.75) is 45.3 Å². The molecule has 0 radical (unpaired) electrons. The maximum absolute atomic E-state index is 12.3. The van der Waals surface area contributed by atoms with E-state index in [9.17, 15) is 4.79 Å². The number of pyridine rings is 1. The Labute approximate surface area is 152 Å². The highest BCUT2D eigenvalue weighted by Crippen LogP contribution is 2.25. The summed E-state index contributed by atoms with van der Waals surface area (Å²) in [5, 5.41) is 3.34. The maximum atomic E-state index is 12.3. The molecular formula is C21H23N3O2. The van der Waals surface area contributed by atoms with E-state index in [0.29, 0.717) is 18.3 Å². The minimum absolute atomic E-state index is 0.0613. The Morgan fingerprint density at radius 2 is 2.04 bits per heavy atom. The minimum atomic E-state index is -0.0613. The number of aromatic nitrogens is 2. The number of benzene rings is 1. The van der Waals surface area contributed by atoms with Gasteiger partial charge in [0, 0.05) is 24.0 Å². The molecule has 1 aliphatic carbocycles. The third-order valence-corrected chi connectivity index (χ3v) is 4.77. The first kappa shape index (κ1) is 16.6. The Kier molecular flexibility index (Phi) is 4.61. The summed E-state index contributed by atoms with van der Waals surface area (Å²) in [5.74, 6) is 0.893. The number of aryl methyl sites for hydroxylation is 1. The van der Waals surface area contributed by atoms with E-state index in [1.807, 2.05) is 49.5 Å². The molecule has 0 aliphatic heterocycles. The molecule has 1 aromatic carbocycles. The highest BCUT2D eigenvalue weighted by atomic mass is 16.5. The van der Waals surface area contributed by atoms with Crippen LogP contribution in [0, 0.1) is 6.92 Å². The van der Waals surface area contributed by atoms with Gasteiger partial charge in [0.1, 0.15) is 11.4 Å². The quantitative estimate of drug-likeness (QED) is 0.758. The monoisotopic (exact) mass is 349 g/mol. The Morgan fingerprint density at radius 1 is 1.19 bits per heavy atom. The lowest BCUT2D eigenvalue weighted by atomic mass is 10.2. The van der Waals surface area contributed by atoms with Gasteiger partial charge in [-0.25, -0.2) is 4.98 Å². The number of anilines is 1. The SMILES string of the molecule is Cc1ccc2nc(CNc3cccc(OC4CCCC4)c3)cc(=O)n2c1. The molecule has 0 unspecified atom stereocenters. The van der Waals surface area contributed by atoms with Crippen LogP contribution in [0.3, 0.4) is 0 Å². The third kappa shape index (κ3) is 3.72. The van der Waals surface area contributed by atoms with Crippen LogP contribution in [0.15, 0.2) is 53.5 Å². The van der Waals surface area contributed by atoms with Gasteiger partial charge in [-0.1, -0.05) is 12.1 Å². The highest BCUT2D eigenvalue weighted by Gasteiger charge is 2.16. The summed E-state index contributed by atoms with van der Waals surface area (Å²) in [7, 11) is 0. The molecule has 0 saturated heterocycles. The summed E-state index contributed by atoms with van der Waals surface area (Å²) >= 11 is 0. The number of nitrogens with zero attached hydrogens (tertiary/aromatic N) is 2. The Bertz CT molecular complexity index is 974. The normalized spacial score (nSPS) is 14.7. The second-order valence-corrected chi connectivity index (χ2v) is 6.93. The molecule has 0 atom stereocenters. The van der Waals surface area contributed by atoms with Crippen LogP contribution in [0.1, 0.15) is 36.9 Å². The molecule has 0 amide bonds. The van der Waals surface area contributed by atoms with Crippen molar-refractivity contribution in [3.8, 4) is 5.75 Å². The molecule has 4 rings (SSSR count). The summed E-state index contributed by atoms with van der Waals surface area (Å²) < 4.78 is 7.63. The number of hydrogen-bond acceptors (Lipinski definition) is 4. The smallest absolute Gasteiger partial charge is 0.258 e. The van der Waals surface area contributed by atoms with Crippen LogP contribution >= 0.6 is 0 Å². The van der Waals surface area contributed by atoms with Crippen LogP contribution in [-0.2, 0) is 6.54 Å². The molecule has 1 saturated carbocycles. The predicted molar refractivity (Wildman–Crippen MR) is 103 cm³/mol. The Morgan fingerprint density at radius 3 is 2.88 bits per heavy atom. The van der Waals surface area contributed by atoms with Crippen LogP contribution < -0.4 is 15.6 Å². The summed E-state index contributed by atoms with van der Waals surface area (Å²) in [5.41, 5.74) is 3.32. The molecule has 1 N–H and O–H groups in total. The number of rotatable bonds is 5. The minimum Gasteiger partial charge on any atom is -0.490 e. The summed E-state index contributed by atoms with van der Waals surface area (Å²) in [6, 6.07) is 13.4. The van der Waals surface area contributed by atoms with Crippen molar-refractivity contribution in [1.82, 2.24) is 9.38 Å². The standard InChI is InChI=1S/C21H23N3O2/c1-15-9-10-20-23-17(12-21(25)24(20)14-15)13-22-16-5-4-8-19(11-16)26-18-6-2-3-7-18/h4-5,8-12,14,18,22H,2-3,6-7,13H2,1H3. The predicted octanol–water partition coefficient (Wildman–Crippen LogP) is 3.94. The highest BCUT2D eigenvalue weighted by molar-refractivity contribution is 5.49. The molecule has 1 aliphatic rings. The first-order valence-electron chi connectivity index (χ1n) is 9.17. The van der Waals surface area contributed by atoms with Gasteiger partial charge in [0.2, 0.25) is 0 Å². The summed E-state index contributed by atoms with van der Waals surface area (Å²) in [6.45, 7) is 2.45. The number of hydrogen-bond donors (Lipinski definition) is 1. The van der Waals surface area contributed by atoms with Gasteiger partial charge in [-0.2, -0.15) is 0 Å². The molecule has 1 fully saturated rings. The van der Waals surface area contributed by atoms with Crippen molar-refractivity contribution < 1.29 is 4.74 Å². The van der Waals surface area contributed by atoms with E-state index in [-0.39, 0.29) is 5.56 Å². The van der Waals surface area contributed by atoms with Gasteiger partial charge in [-0.15, -0.1) is 0 Å². The third-order valence-electron chi connectivity index (χ3n) is 4.77. The average molecular weight is 349 g/mol. The van der Waals surface area contributed by atoms with Gasteiger partial charge in [-0.05, 0) is 56.4 Å².